The Balaban J connectivity index is 2.56. The van der Waals surface area contributed by atoms with Crippen molar-refractivity contribution < 1.29 is 4.74 Å². The van der Waals surface area contributed by atoms with Gasteiger partial charge in [0.25, 0.3) is 5.56 Å². The van der Waals surface area contributed by atoms with Gasteiger partial charge < -0.3 is 9.72 Å². The number of benzene rings is 2. The van der Waals surface area contributed by atoms with Gasteiger partial charge >= 0.3 is 0 Å². The third-order valence-electron chi connectivity index (χ3n) is 3.40. The quantitative estimate of drug-likeness (QED) is 0.790. The largest absolute Gasteiger partial charge is 0.491 e. The lowest BCUT2D eigenvalue weighted by Gasteiger charge is -2.03. The number of rotatable bonds is 2. The summed E-state index contributed by atoms with van der Waals surface area (Å²) in [6.07, 6.45) is 0. The molecule has 1 N–H and O–H groups in total. The van der Waals surface area contributed by atoms with Crippen LogP contribution in [0.1, 0.15) is 0 Å². The van der Waals surface area contributed by atoms with E-state index in [4.69, 9.17) is 16.3 Å². The molecular formula is C17H12ClNO3. The standard InChI is InChI=1S/C17H12ClNO3/c1-22-16-14(10-5-3-2-4-6-10)15(20)12-8-7-11(18)9-13(12)19-17(16)21/h2-9H,1H3,(H,19,21). The topological polar surface area (TPSA) is 59.2 Å². The summed E-state index contributed by atoms with van der Waals surface area (Å²) in [5, 5.41) is 0.817. The van der Waals surface area contributed by atoms with Gasteiger partial charge in [-0.15, -0.1) is 0 Å². The van der Waals surface area contributed by atoms with Gasteiger partial charge in [0.05, 0.1) is 18.2 Å². The lowest BCUT2D eigenvalue weighted by molar-refractivity contribution is 0.411. The molecule has 0 fully saturated rings. The molecule has 0 amide bonds. The van der Waals surface area contributed by atoms with E-state index in [1.165, 1.54) is 7.11 Å². The van der Waals surface area contributed by atoms with Gasteiger partial charge in [0.1, 0.15) is 0 Å². The summed E-state index contributed by atoms with van der Waals surface area (Å²) in [5.41, 5.74) is 0.482. The van der Waals surface area contributed by atoms with E-state index in [9.17, 15) is 9.59 Å². The molecule has 2 aromatic carbocycles. The van der Waals surface area contributed by atoms with E-state index < -0.39 is 5.56 Å². The second-order valence-electron chi connectivity index (χ2n) is 4.75. The highest BCUT2D eigenvalue weighted by molar-refractivity contribution is 6.31. The highest BCUT2D eigenvalue weighted by atomic mass is 35.5. The molecule has 0 aliphatic carbocycles. The van der Waals surface area contributed by atoms with E-state index in [0.717, 1.165) is 0 Å². The Morgan fingerprint density at radius 1 is 1.05 bits per heavy atom. The van der Waals surface area contributed by atoms with Crippen molar-refractivity contribution >= 4 is 22.5 Å². The van der Waals surface area contributed by atoms with Gasteiger partial charge in [0.15, 0.2) is 11.2 Å². The predicted octanol–water partition coefficient (Wildman–Crippen LogP) is 3.22. The van der Waals surface area contributed by atoms with Crippen LogP contribution in [0.2, 0.25) is 5.02 Å². The van der Waals surface area contributed by atoms with Crippen LogP contribution in [0.3, 0.4) is 0 Å². The van der Waals surface area contributed by atoms with Gasteiger partial charge in [-0.05, 0) is 23.8 Å². The number of nitrogens with one attached hydrogen (secondary N) is 1. The summed E-state index contributed by atoms with van der Waals surface area (Å²) in [4.78, 5) is 27.9. The van der Waals surface area contributed by atoms with Gasteiger partial charge in [0.2, 0.25) is 0 Å². The van der Waals surface area contributed by atoms with Crippen LogP contribution in [0, 0.1) is 0 Å². The van der Waals surface area contributed by atoms with Crippen LogP contribution in [0.25, 0.3) is 22.0 Å². The zero-order chi connectivity index (χ0) is 15.7. The average Bonchev–Trinajstić information content (AvgIpc) is 2.62. The molecular weight excluding hydrogens is 302 g/mol. The first-order valence-electron chi connectivity index (χ1n) is 6.61. The summed E-state index contributed by atoms with van der Waals surface area (Å²) >= 11 is 5.94. The van der Waals surface area contributed by atoms with Crippen LogP contribution >= 0.6 is 11.6 Å². The van der Waals surface area contributed by atoms with Crippen LogP contribution in [0.15, 0.2) is 58.1 Å². The third kappa shape index (κ3) is 2.38. The Morgan fingerprint density at radius 3 is 2.45 bits per heavy atom. The Bertz CT molecular complexity index is 965. The molecule has 0 spiro atoms. The van der Waals surface area contributed by atoms with Crippen LogP contribution in [-0.2, 0) is 0 Å². The van der Waals surface area contributed by atoms with Crippen molar-refractivity contribution in [3.05, 3.63) is 74.1 Å². The number of methoxy groups -OCH3 is 1. The monoisotopic (exact) mass is 313 g/mol. The molecule has 3 aromatic rings. The number of halogens is 1. The van der Waals surface area contributed by atoms with Crippen molar-refractivity contribution in [1.29, 1.82) is 0 Å². The lowest BCUT2D eigenvalue weighted by atomic mass is 10.0. The summed E-state index contributed by atoms with van der Waals surface area (Å²) < 4.78 is 5.20. The Hall–Kier alpha value is -2.59. The summed E-state index contributed by atoms with van der Waals surface area (Å²) in [6.45, 7) is 0. The maximum atomic E-state index is 12.9. The first-order chi connectivity index (χ1) is 10.6. The van der Waals surface area contributed by atoms with Crippen molar-refractivity contribution in [3.63, 3.8) is 0 Å². The van der Waals surface area contributed by atoms with Crippen LogP contribution in [0.5, 0.6) is 5.75 Å². The second-order valence-corrected chi connectivity index (χ2v) is 5.18. The zero-order valence-corrected chi connectivity index (χ0v) is 12.5. The molecule has 1 heterocycles. The molecule has 0 radical (unpaired) electrons. The van der Waals surface area contributed by atoms with E-state index in [0.29, 0.717) is 21.5 Å². The minimum Gasteiger partial charge on any atom is -0.491 e. The number of aromatic nitrogens is 1. The molecule has 22 heavy (non-hydrogen) atoms. The number of hydrogen-bond acceptors (Lipinski definition) is 3. The van der Waals surface area contributed by atoms with Crippen molar-refractivity contribution in [3.8, 4) is 16.9 Å². The maximum absolute atomic E-state index is 12.9. The highest BCUT2D eigenvalue weighted by Crippen LogP contribution is 2.24. The van der Waals surface area contributed by atoms with Gasteiger partial charge in [-0.25, -0.2) is 0 Å². The van der Waals surface area contributed by atoms with Crippen LogP contribution in [0.4, 0.5) is 0 Å². The number of ether oxygens (including phenoxy) is 1. The van der Waals surface area contributed by atoms with E-state index in [-0.39, 0.29) is 16.7 Å². The fourth-order valence-electron chi connectivity index (χ4n) is 2.41. The minimum absolute atomic E-state index is 0.0106. The second kappa shape index (κ2) is 5.66. The normalized spacial score (nSPS) is 10.6. The SMILES string of the molecule is COc1c(-c2ccccc2)c(=O)c2ccc(Cl)cc2[nH]c1=O. The van der Waals surface area contributed by atoms with Gasteiger partial charge in [0, 0.05) is 10.4 Å². The molecule has 3 rings (SSSR count). The molecule has 0 saturated heterocycles. The summed E-state index contributed by atoms with van der Waals surface area (Å²) in [5.74, 6) is -0.0106. The minimum atomic E-state index is -0.476. The molecule has 0 saturated carbocycles. The van der Waals surface area contributed by atoms with Crippen LogP contribution < -0.4 is 15.7 Å². The average molecular weight is 314 g/mol. The number of aromatic amines is 1. The first-order valence-corrected chi connectivity index (χ1v) is 6.99. The molecule has 0 unspecified atom stereocenters. The van der Waals surface area contributed by atoms with Crippen LogP contribution in [-0.4, -0.2) is 12.1 Å². The lowest BCUT2D eigenvalue weighted by Crippen LogP contribution is -2.10. The molecule has 0 aliphatic rings. The van der Waals surface area contributed by atoms with Crippen molar-refractivity contribution in [2.45, 2.75) is 0 Å². The van der Waals surface area contributed by atoms with E-state index >= 15 is 0 Å². The van der Waals surface area contributed by atoms with Crippen molar-refractivity contribution in [2.24, 2.45) is 0 Å². The number of hydrogen-bond donors (Lipinski definition) is 1. The van der Waals surface area contributed by atoms with Crippen molar-refractivity contribution in [2.75, 3.05) is 7.11 Å². The summed E-state index contributed by atoms with van der Waals surface area (Å²) in [6, 6.07) is 13.7. The molecule has 0 aliphatic heterocycles. The first kappa shape index (κ1) is 14.4. The van der Waals surface area contributed by atoms with E-state index in [2.05, 4.69) is 4.98 Å². The smallest absolute Gasteiger partial charge is 0.291 e. The Morgan fingerprint density at radius 2 is 1.77 bits per heavy atom. The summed E-state index contributed by atoms with van der Waals surface area (Å²) in [7, 11) is 1.37. The molecule has 0 atom stereocenters. The van der Waals surface area contributed by atoms with E-state index in [1.807, 2.05) is 6.07 Å². The number of H-pyrrole nitrogens is 1. The fraction of sp³-hybridized carbons (Fsp3) is 0.0588. The third-order valence-corrected chi connectivity index (χ3v) is 3.64. The molecule has 110 valence electrons. The molecule has 4 nitrogen and oxygen atoms in total. The Kier molecular flexibility index (Phi) is 3.69. The zero-order valence-electron chi connectivity index (χ0n) is 11.7. The predicted molar refractivity (Wildman–Crippen MR) is 87.8 cm³/mol. The van der Waals surface area contributed by atoms with E-state index in [1.54, 1.807) is 42.5 Å². The molecule has 5 heteroatoms. The Labute approximate surface area is 131 Å². The molecule has 0 bridgehead atoms. The number of fused-ring (bicyclic) bond motifs is 1. The van der Waals surface area contributed by atoms with Gasteiger partial charge in [-0.2, -0.15) is 0 Å². The molecule has 1 aromatic heterocycles. The fourth-order valence-corrected chi connectivity index (χ4v) is 2.58. The maximum Gasteiger partial charge on any atom is 0.291 e. The van der Waals surface area contributed by atoms with Gasteiger partial charge in [-0.3, -0.25) is 9.59 Å². The van der Waals surface area contributed by atoms with Gasteiger partial charge in [-0.1, -0.05) is 41.9 Å². The highest BCUT2D eigenvalue weighted by Gasteiger charge is 2.15. The van der Waals surface area contributed by atoms with Crippen molar-refractivity contribution in [1.82, 2.24) is 4.98 Å².